The zero-order chi connectivity index (χ0) is 18.1. The maximum Gasteiger partial charge on any atom is 0.261 e. The van der Waals surface area contributed by atoms with Crippen LogP contribution in [0.1, 0.15) is 23.2 Å². The molecule has 26 heavy (non-hydrogen) atoms. The lowest BCUT2D eigenvalue weighted by Gasteiger charge is -2.19. The summed E-state index contributed by atoms with van der Waals surface area (Å²) in [6.07, 6.45) is 3.18. The Morgan fingerprint density at radius 2 is 2.19 bits per heavy atom. The standard InChI is InChI=1S/C17H22N6O3/c1-21(2)14-4-5-15(20-19-14)26-12-6-8-22(11-12)16(24)13-10-18-23-7-3-9-25-17(13)23/h4-5,10,12H,3,6-9,11H2,1-2H3. The molecule has 2 aliphatic rings. The molecular weight excluding hydrogens is 336 g/mol. The predicted molar refractivity (Wildman–Crippen MR) is 93.6 cm³/mol. The highest BCUT2D eigenvalue weighted by molar-refractivity contribution is 5.96. The SMILES string of the molecule is CN(C)c1ccc(OC2CCN(C(=O)c3cnn4c3OCCC4)C2)nn1. The molecule has 9 heteroatoms. The second kappa shape index (κ2) is 6.81. The fourth-order valence-corrected chi connectivity index (χ4v) is 3.18. The van der Waals surface area contributed by atoms with Crippen LogP contribution in [-0.4, -0.2) is 70.7 Å². The number of hydrogen-bond donors (Lipinski definition) is 0. The number of ether oxygens (including phenoxy) is 2. The van der Waals surface area contributed by atoms with Crippen molar-refractivity contribution in [2.24, 2.45) is 0 Å². The number of aryl methyl sites for hydroxylation is 1. The first-order chi connectivity index (χ1) is 12.6. The first-order valence-corrected chi connectivity index (χ1v) is 8.77. The Bertz CT molecular complexity index is 788. The van der Waals surface area contributed by atoms with Gasteiger partial charge in [-0.2, -0.15) is 5.10 Å². The summed E-state index contributed by atoms with van der Waals surface area (Å²) < 4.78 is 13.3. The monoisotopic (exact) mass is 358 g/mol. The molecule has 2 aromatic heterocycles. The Balaban J connectivity index is 1.39. The van der Waals surface area contributed by atoms with Crippen LogP contribution in [0.5, 0.6) is 11.8 Å². The Labute approximate surface area is 151 Å². The quantitative estimate of drug-likeness (QED) is 0.800. The molecule has 1 amide bonds. The molecule has 0 aliphatic carbocycles. The van der Waals surface area contributed by atoms with Crippen molar-refractivity contribution in [1.82, 2.24) is 24.9 Å². The topological polar surface area (TPSA) is 85.6 Å². The number of aromatic nitrogens is 4. The minimum absolute atomic E-state index is 0.0618. The Morgan fingerprint density at radius 1 is 1.31 bits per heavy atom. The first kappa shape index (κ1) is 16.6. The Morgan fingerprint density at radius 3 is 2.96 bits per heavy atom. The van der Waals surface area contributed by atoms with E-state index in [1.807, 2.05) is 25.1 Å². The van der Waals surface area contributed by atoms with E-state index in [0.29, 0.717) is 37.0 Å². The van der Waals surface area contributed by atoms with E-state index in [-0.39, 0.29) is 12.0 Å². The average molecular weight is 358 g/mol. The molecule has 1 atom stereocenters. The van der Waals surface area contributed by atoms with Crippen LogP contribution in [0.4, 0.5) is 5.82 Å². The smallest absolute Gasteiger partial charge is 0.261 e. The highest BCUT2D eigenvalue weighted by Gasteiger charge is 2.32. The lowest BCUT2D eigenvalue weighted by molar-refractivity contribution is 0.0764. The van der Waals surface area contributed by atoms with Crippen molar-refractivity contribution in [3.05, 3.63) is 23.9 Å². The Hall–Kier alpha value is -2.84. The molecule has 1 fully saturated rings. The molecule has 1 unspecified atom stereocenters. The van der Waals surface area contributed by atoms with Crippen molar-refractivity contribution in [1.29, 1.82) is 0 Å². The van der Waals surface area contributed by atoms with Crippen LogP contribution in [0.3, 0.4) is 0 Å². The van der Waals surface area contributed by atoms with Gasteiger partial charge in [0.05, 0.1) is 19.3 Å². The molecule has 0 N–H and O–H groups in total. The van der Waals surface area contributed by atoms with Gasteiger partial charge < -0.3 is 19.3 Å². The fraction of sp³-hybridized carbons (Fsp3) is 0.529. The molecule has 2 aliphatic heterocycles. The van der Waals surface area contributed by atoms with E-state index in [9.17, 15) is 4.79 Å². The molecule has 4 heterocycles. The van der Waals surface area contributed by atoms with E-state index >= 15 is 0 Å². The second-order valence-electron chi connectivity index (χ2n) is 6.69. The van der Waals surface area contributed by atoms with Crippen LogP contribution in [-0.2, 0) is 6.54 Å². The van der Waals surface area contributed by atoms with Crippen LogP contribution in [0.25, 0.3) is 0 Å². The van der Waals surface area contributed by atoms with Crippen LogP contribution in [0, 0.1) is 0 Å². The van der Waals surface area contributed by atoms with Crippen molar-refractivity contribution in [2.45, 2.75) is 25.5 Å². The third kappa shape index (κ3) is 3.16. The maximum atomic E-state index is 12.8. The van der Waals surface area contributed by atoms with Gasteiger partial charge >= 0.3 is 0 Å². The van der Waals surface area contributed by atoms with Crippen molar-refractivity contribution in [2.75, 3.05) is 38.7 Å². The summed E-state index contributed by atoms with van der Waals surface area (Å²) in [5.74, 6) is 1.76. The van der Waals surface area contributed by atoms with Crippen LogP contribution < -0.4 is 14.4 Å². The molecule has 0 spiro atoms. The third-order valence-corrected chi connectivity index (χ3v) is 4.58. The maximum absolute atomic E-state index is 12.8. The van der Waals surface area contributed by atoms with Crippen molar-refractivity contribution in [3.63, 3.8) is 0 Å². The zero-order valence-electron chi connectivity index (χ0n) is 15.0. The summed E-state index contributed by atoms with van der Waals surface area (Å²) in [6, 6.07) is 3.66. The molecule has 2 aromatic rings. The summed E-state index contributed by atoms with van der Waals surface area (Å²) in [6.45, 7) is 2.56. The van der Waals surface area contributed by atoms with E-state index in [2.05, 4.69) is 15.3 Å². The number of hydrogen-bond acceptors (Lipinski definition) is 7. The normalized spacial score (nSPS) is 19.0. The first-order valence-electron chi connectivity index (χ1n) is 8.77. The van der Waals surface area contributed by atoms with Gasteiger partial charge in [0.2, 0.25) is 11.8 Å². The molecule has 4 rings (SSSR count). The average Bonchev–Trinajstić information content (AvgIpc) is 3.28. The molecule has 0 aromatic carbocycles. The van der Waals surface area contributed by atoms with Gasteiger partial charge in [0.15, 0.2) is 5.82 Å². The largest absolute Gasteiger partial charge is 0.477 e. The van der Waals surface area contributed by atoms with E-state index in [0.717, 1.165) is 25.2 Å². The Kier molecular flexibility index (Phi) is 4.36. The molecule has 0 saturated carbocycles. The summed E-state index contributed by atoms with van der Waals surface area (Å²) >= 11 is 0. The zero-order valence-corrected chi connectivity index (χ0v) is 15.0. The number of anilines is 1. The van der Waals surface area contributed by atoms with Crippen molar-refractivity contribution < 1.29 is 14.3 Å². The molecule has 1 saturated heterocycles. The fourth-order valence-electron chi connectivity index (χ4n) is 3.18. The lowest BCUT2D eigenvalue weighted by atomic mass is 10.3. The van der Waals surface area contributed by atoms with Gasteiger partial charge in [0, 0.05) is 46.1 Å². The molecule has 0 radical (unpaired) electrons. The highest BCUT2D eigenvalue weighted by Crippen LogP contribution is 2.26. The summed E-state index contributed by atoms with van der Waals surface area (Å²) in [5.41, 5.74) is 0.528. The van der Waals surface area contributed by atoms with Gasteiger partial charge in [-0.25, -0.2) is 4.68 Å². The minimum Gasteiger partial charge on any atom is -0.477 e. The van der Waals surface area contributed by atoms with E-state index in [1.54, 1.807) is 21.8 Å². The van der Waals surface area contributed by atoms with Gasteiger partial charge in [-0.15, -0.1) is 10.2 Å². The number of rotatable bonds is 4. The van der Waals surface area contributed by atoms with Crippen LogP contribution >= 0.6 is 0 Å². The number of carbonyl (C=O) groups excluding carboxylic acids is 1. The number of nitrogens with zero attached hydrogens (tertiary/aromatic N) is 6. The van der Waals surface area contributed by atoms with E-state index in [1.165, 1.54) is 0 Å². The van der Waals surface area contributed by atoms with Gasteiger partial charge in [0.25, 0.3) is 5.91 Å². The van der Waals surface area contributed by atoms with E-state index in [4.69, 9.17) is 9.47 Å². The van der Waals surface area contributed by atoms with Crippen molar-refractivity contribution >= 4 is 11.7 Å². The molecular formula is C17H22N6O3. The second-order valence-corrected chi connectivity index (χ2v) is 6.69. The summed E-state index contributed by atoms with van der Waals surface area (Å²) in [7, 11) is 3.81. The number of likely N-dealkylation sites (tertiary alicyclic amines) is 1. The van der Waals surface area contributed by atoms with Crippen molar-refractivity contribution in [3.8, 4) is 11.8 Å². The molecule has 9 nitrogen and oxygen atoms in total. The highest BCUT2D eigenvalue weighted by atomic mass is 16.5. The molecule has 0 bridgehead atoms. The third-order valence-electron chi connectivity index (χ3n) is 4.58. The van der Waals surface area contributed by atoms with Gasteiger partial charge in [0.1, 0.15) is 11.7 Å². The lowest BCUT2D eigenvalue weighted by Crippen LogP contribution is -2.31. The van der Waals surface area contributed by atoms with Gasteiger partial charge in [-0.05, 0) is 6.07 Å². The van der Waals surface area contributed by atoms with Gasteiger partial charge in [-0.1, -0.05) is 0 Å². The number of amides is 1. The predicted octanol–water partition coefficient (Wildman–Crippen LogP) is 0.815. The van der Waals surface area contributed by atoms with Crippen LogP contribution in [0.2, 0.25) is 0 Å². The number of carbonyl (C=O) groups is 1. The number of fused-ring (bicyclic) bond motifs is 1. The summed E-state index contributed by atoms with van der Waals surface area (Å²) in [5, 5.41) is 12.4. The van der Waals surface area contributed by atoms with Gasteiger partial charge in [-0.3, -0.25) is 4.79 Å². The van der Waals surface area contributed by atoms with Crippen LogP contribution in [0.15, 0.2) is 18.3 Å². The molecule has 138 valence electrons. The summed E-state index contributed by atoms with van der Waals surface area (Å²) in [4.78, 5) is 16.5. The minimum atomic E-state index is -0.0919. The van der Waals surface area contributed by atoms with E-state index < -0.39 is 0 Å².